The number of para-hydroxylation sites is 6. The number of fused-ring (bicyclic) bond motifs is 6. The molecular weight excluding hydrogens is 812 g/mol. The Morgan fingerprint density at radius 3 is 1.05 bits per heavy atom. The summed E-state index contributed by atoms with van der Waals surface area (Å²) in [6.07, 6.45) is 6.08. The average molecular weight is 860 g/mol. The number of anilines is 6. The average Bonchev–Trinajstić information content (AvgIpc) is 3.90. The van der Waals surface area contributed by atoms with Gasteiger partial charge in [0.05, 0.1) is 38.5 Å². The highest BCUT2D eigenvalue weighted by molar-refractivity contribution is 6.36. The minimum absolute atomic E-state index is 0.434. The Balaban J connectivity index is 1.07. The first-order valence-electron chi connectivity index (χ1n) is 22.9. The molecule has 0 saturated heterocycles. The molecule has 314 valence electrons. The van der Waals surface area contributed by atoms with Crippen molar-refractivity contribution in [3.8, 4) is 11.4 Å². The molecule has 0 N–H and O–H groups in total. The predicted octanol–water partition coefficient (Wildman–Crippen LogP) is 17.5. The molecule has 2 heterocycles. The van der Waals surface area contributed by atoms with Crippen LogP contribution in [0.25, 0.3) is 55.0 Å². The zero-order valence-corrected chi connectivity index (χ0v) is 36.8. The maximum Gasteiger partial charge on any atom is 0.0887 e. The van der Waals surface area contributed by atoms with Crippen molar-refractivity contribution in [3.63, 3.8) is 0 Å². The maximum absolute atomic E-state index is 8.00. The summed E-state index contributed by atoms with van der Waals surface area (Å²) in [5.41, 5.74) is 14.4. The van der Waals surface area contributed by atoms with E-state index in [4.69, 9.17) is 11.6 Å². The van der Waals surface area contributed by atoms with E-state index in [-0.39, 0.29) is 0 Å². The molecule has 0 spiro atoms. The third kappa shape index (κ3) is 6.84. The van der Waals surface area contributed by atoms with Crippen molar-refractivity contribution in [3.05, 3.63) is 229 Å². The van der Waals surface area contributed by atoms with E-state index in [9.17, 15) is 0 Å². The lowest BCUT2D eigenvalue weighted by atomic mass is 9.83. The standard InChI is InChI=1S/C60H47ClN4/c61-60-58(62(44-20-6-2-7-21-44)45-22-8-3-9-23-45)40-43(42-18-4-1-5-19-42)41-59(60)63(46-32-36-48(37-33-46)64-54-28-14-10-24-50(54)51-25-11-15-29-55(51)64)47-34-38-49(39-35-47)65-56-30-16-12-26-52(56)53-27-13-17-31-57(53)65/h2-3,6-17,20-42H,1,4-5,18-19H2. The summed E-state index contributed by atoms with van der Waals surface area (Å²) in [6.45, 7) is 0. The van der Waals surface area contributed by atoms with Crippen molar-refractivity contribution in [1.29, 1.82) is 0 Å². The van der Waals surface area contributed by atoms with Crippen LogP contribution in [-0.4, -0.2) is 9.13 Å². The zero-order chi connectivity index (χ0) is 43.3. The Morgan fingerprint density at radius 2 is 0.677 bits per heavy atom. The van der Waals surface area contributed by atoms with Gasteiger partial charge in [0.25, 0.3) is 0 Å². The van der Waals surface area contributed by atoms with E-state index >= 15 is 0 Å². The second-order valence-corrected chi connectivity index (χ2v) is 17.7. The quantitative estimate of drug-likeness (QED) is 0.144. The Labute approximate surface area is 384 Å². The van der Waals surface area contributed by atoms with Gasteiger partial charge in [-0.25, -0.2) is 0 Å². The predicted molar refractivity (Wildman–Crippen MR) is 275 cm³/mol. The molecule has 1 aliphatic carbocycles. The zero-order valence-electron chi connectivity index (χ0n) is 36.1. The van der Waals surface area contributed by atoms with Gasteiger partial charge >= 0.3 is 0 Å². The molecule has 0 radical (unpaired) electrons. The molecule has 1 fully saturated rings. The number of nitrogens with zero attached hydrogens (tertiary/aromatic N) is 4. The molecule has 12 rings (SSSR count). The van der Waals surface area contributed by atoms with Crippen LogP contribution >= 0.6 is 11.6 Å². The van der Waals surface area contributed by atoms with E-state index in [1.54, 1.807) is 0 Å². The molecule has 0 unspecified atom stereocenters. The van der Waals surface area contributed by atoms with Crippen molar-refractivity contribution in [2.75, 3.05) is 9.80 Å². The van der Waals surface area contributed by atoms with Crippen LogP contribution in [0.1, 0.15) is 43.6 Å². The van der Waals surface area contributed by atoms with E-state index in [1.165, 1.54) is 68.4 Å². The van der Waals surface area contributed by atoms with Gasteiger partial charge in [-0.3, -0.25) is 0 Å². The molecule has 0 atom stereocenters. The van der Waals surface area contributed by atoms with Gasteiger partial charge in [-0.15, -0.1) is 0 Å². The smallest absolute Gasteiger partial charge is 0.0887 e. The van der Waals surface area contributed by atoms with E-state index in [0.29, 0.717) is 10.9 Å². The minimum atomic E-state index is 0.434. The molecule has 4 nitrogen and oxygen atoms in total. The lowest BCUT2D eigenvalue weighted by Gasteiger charge is -2.33. The van der Waals surface area contributed by atoms with Crippen LogP contribution in [0.2, 0.25) is 5.02 Å². The first-order valence-corrected chi connectivity index (χ1v) is 23.3. The summed E-state index contributed by atoms with van der Waals surface area (Å²) in [4.78, 5) is 4.70. The van der Waals surface area contributed by atoms with Gasteiger partial charge < -0.3 is 18.9 Å². The first-order chi connectivity index (χ1) is 32.2. The van der Waals surface area contributed by atoms with Gasteiger partial charge in [0, 0.05) is 55.7 Å². The summed E-state index contributed by atoms with van der Waals surface area (Å²) < 4.78 is 4.76. The molecule has 2 aromatic heterocycles. The first kappa shape index (κ1) is 39.1. The van der Waals surface area contributed by atoms with Crippen LogP contribution in [0.3, 0.4) is 0 Å². The monoisotopic (exact) mass is 858 g/mol. The van der Waals surface area contributed by atoms with Crippen LogP contribution < -0.4 is 9.80 Å². The van der Waals surface area contributed by atoms with Gasteiger partial charge in [-0.05, 0) is 134 Å². The topological polar surface area (TPSA) is 16.3 Å². The molecule has 0 bridgehead atoms. The van der Waals surface area contributed by atoms with Crippen LogP contribution in [0.4, 0.5) is 34.1 Å². The van der Waals surface area contributed by atoms with Gasteiger partial charge in [0.15, 0.2) is 0 Å². The highest BCUT2D eigenvalue weighted by Crippen LogP contribution is 2.50. The summed E-state index contributed by atoms with van der Waals surface area (Å²) in [5, 5.41) is 5.68. The number of hydrogen-bond acceptors (Lipinski definition) is 2. The fourth-order valence-electron chi connectivity index (χ4n) is 10.5. The van der Waals surface area contributed by atoms with Crippen molar-refractivity contribution >= 4 is 89.3 Å². The third-order valence-corrected chi connectivity index (χ3v) is 13.9. The lowest BCUT2D eigenvalue weighted by molar-refractivity contribution is 0.444. The summed E-state index contributed by atoms with van der Waals surface area (Å²) in [5.74, 6) is 0.434. The molecule has 1 saturated carbocycles. The fraction of sp³-hybridized carbons (Fsp3) is 0.100. The Hall–Kier alpha value is -7.53. The summed E-state index contributed by atoms with van der Waals surface area (Å²) in [7, 11) is 0. The summed E-state index contributed by atoms with van der Waals surface area (Å²) >= 11 is 8.00. The second kappa shape index (κ2) is 16.5. The SMILES string of the molecule is Clc1c(N(c2ccccc2)c2ccccc2)cc(C2CCCCC2)cc1N(c1ccc(-n2c3ccccc3c3ccccc32)cc1)c1ccc(-n2c3ccccc3c3ccccc32)cc1. The normalized spacial score (nSPS) is 13.2. The fourth-order valence-corrected chi connectivity index (χ4v) is 10.8. The number of aromatic nitrogens is 2. The van der Waals surface area contributed by atoms with E-state index in [2.05, 4.69) is 237 Å². The molecular formula is C60H47ClN4. The van der Waals surface area contributed by atoms with E-state index < -0.39 is 0 Å². The van der Waals surface area contributed by atoms with Crippen LogP contribution in [-0.2, 0) is 0 Å². The van der Waals surface area contributed by atoms with Crippen molar-refractivity contribution in [2.24, 2.45) is 0 Å². The van der Waals surface area contributed by atoms with Gasteiger partial charge in [0.1, 0.15) is 0 Å². The van der Waals surface area contributed by atoms with E-state index in [0.717, 1.165) is 58.3 Å². The Morgan fingerprint density at radius 1 is 0.354 bits per heavy atom. The van der Waals surface area contributed by atoms with Gasteiger partial charge in [-0.1, -0.05) is 140 Å². The van der Waals surface area contributed by atoms with Gasteiger partial charge in [0.2, 0.25) is 0 Å². The highest BCUT2D eigenvalue weighted by atomic mass is 35.5. The van der Waals surface area contributed by atoms with Crippen LogP contribution in [0.5, 0.6) is 0 Å². The van der Waals surface area contributed by atoms with Crippen LogP contribution in [0.15, 0.2) is 218 Å². The number of hydrogen-bond donors (Lipinski definition) is 0. The number of rotatable bonds is 9. The second-order valence-electron chi connectivity index (χ2n) is 17.3. The van der Waals surface area contributed by atoms with Gasteiger partial charge in [-0.2, -0.15) is 0 Å². The molecule has 9 aromatic carbocycles. The minimum Gasteiger partial charge on any atom is -0.309 e. The molecule has 0 amide bonds. The maximum atomic E-state index is 8.00. The highest BCUT2D eigenvalue weighted by Gasteiger charge is 2.27. The number of halogens is 1. The van der Waals surface area contributed by atoms with E-state index in [1.807, 2.05) is 0 Å². The van der Waals surface area contributed by atoms with Crippen molar-refractivity contribution in [2.45, 2.75) is 38.0 Å². The van der Waals surface area contributed by atoms with Crippen LogP contribution in [0, 0.1) is 0 Å². The molecule has 5 heteroatoms. The van der Waals surface area contributed by atoms with Crippen molar-refractivity contribution < 1.29 is 0 Å². The lowest BCUT2D eigenvalue weighted by Crippen LogP contribution is -2.16. The summed E-state index contributed by atoms with van der Waals surface area (Å²) in [6, 6.07) is 78.9. The molecule has 1 aliphatic rings. The van der Waals surface area contributed by atoms with Crippen molar-refractivity contribution in [1.82, 2.24) is 9.13 Å². The molecule has 65 heavy (non-hydrogen) atoms. The number of benzene rings is 9. The molecule has 11 aromatic rings. The Kier molecular flexibility index (Phi) is 9.95. The third-order valence-electron chi connectivity index (χ3n) is 13.5. The molecule has 0 aliphatic heterocycles. The largest absolute Gasteiger partial charge is 0.309 e. The Bertz CT molecular complexity index is 3170.